The lowest BCUT2D eigenvalue weighted by atomic mass is 9.84. The Morgan fingerprint density at radius 1 is 0.420 bits per heavy atom. The molecule has 0 saturated heterocycles. The number of fused-ring (bicyclic) bond motifs is 3. The molecule has 50 heavy (non-hydrogen) atoms. The summed E-state index contributed by atoms with van der Waals surface area (Å²) < 4.78 is 6.37. The number of nitrogens with zero attached hydrogens (tertiary/aromatic N) is 1. The maximum atomic E-state index is 6.37. The first kappa shape index (κ1) is 30.2. The van der Waals surface area contributed by atoms with Crippen molar-refractivity contribution in [2.24, 2.45) is 0 Å². The molecule has 0 unspecified atom stereocenters. The molecule has 1 aliphatic carbocycles. The Labute approximate surface area is 294 Å². The highest BCUT2D eigenvalue weighted by Crippen LogP contribution is 2.43. The minimum absolute atomic E-state index is 0.669. The van der Waals surface area contributed by atoms with Crippen LogP contribution in [0.15, 0.2) is 174 Å². The maximum absolute atomic E-state index is 6.37. The molecule has 242 valence electrons. The van der Waals surface area contributed by atoms with Gasteiger partial charge in [0.05, 0.1) is 0 Å². The molecule has 2 heteroatoms. The standard InChI is InChI=1S/C48H39NO/c1-4-13-34(14-5-1)35-23-27-39(28-24-35)49(41-31-32-45-44-19-10-11-22-46(44)50-47(45)33-41)40-29-25-37(26-30-40)43-21-12-20-42(36-15-6-2-7-16-36)48(43)38-17-8-3-9-18-38/h2-3,6-12,15-34H,1,4-5,13-14H2. The fourth-order valence-electron chi connectivity index (χ4n) is 7.99. The summed E-state index contributed by atoms with van der Waals surface area (Å²) in [5, 5.41) is 2.28. The quantitative estimate of drug-likeness (QED) is 0.171. The molecule has 0 atom stereocenters. The van der Waals surface area contributed by atoms with Crippen molar-refractivity contribution in [3.05, 3.63) is 175 Å². The average molecular weight is 646 g/mol. The van der Waals surface area contributed by atoms with E-state index in [0.717, 1.165) is 39.0 Å². The molecular weight excluding hydrogens is 607 g/mol. The summed E-state index contributed by atoms with van der Waals surface area (Å²) in [6, 6.07) is 61.4. The number of para-hydroxylation sites is 1. The van der Waals surface area contributed by atoms with Crippen LogP contribution in [0.2, 0.25) is 0 Å². The Bertz CT molecular complexity index is 2380. The monoisotopic (exact) mass is 645 g/mol. The Hall–Kier alpha value is -5.86. The SMILES string of the molecule is c1ccc(-c2cccc(-c3ccc(N(c4ccc(C5CCCCC5)cc4)c4ccc5c(c4)oc4ccccc45)cc3)c2-c2ccccc2)cc1. The molecule has 0 amide bonds. The highest BCUT2D eigenvalue weighted by atomic mass is 16.3. The number of rotatable bonds is 7. The molecular formula is C48H39NO. The van der Waals surface area contributed by atoms with Gasteiger partial charge >= 0.3 is 0 Å². The fraction of sp³-hybridized carbons (Fsp3) is 0.125. The zero-order valence-electron chi connectivity index (χ0n) is 28.1. The van der Waals surface area contributed by atoms with Crippen molar-refractivity contribution in [1.82, 2.24) is 0 Å². The highest BCUT2D eigenvalue weighted by molar-refractivity contribution is 6.06. The van der Waals surface area contributed by atoms with Crippen molar-refractivity contribution in [3.63, 3.8) is 0 Å². The van der Waals surface area contributed by atoms with Crippen LogP contribution in [0.1, 0.15) is 43.6 Å². The van der Waals surface area contributed by atoms with E-state index >= 15 is 0 Å². The number of anilines is 3. The van der Waals surface area contributed by atoms with E-state index in [2.05, 4.69) is 163 Å². The largest absolute Gasteiger partial charge is 0.456 e. The van der Waals surface area contributed by atoms with E-state index in [1.807, 2.05) is 12.1 Å². The molecule has 9 rings (SSSR count). The van der Waals surface area contributed by atoms with E-state index < -0.39 is 0 Å². The van der Waals surface area contributed by atoms with Gasteiger partial charge in [-0.2, -0.15) is 0 Å². The van der Waals surface area contributed by atoms with Gasteiger partial charge in [0.2, 0.25) is 0 Å². The number of hydrogen-bond acceptors (Lipinski definition) is 2. The minimum Gasteiger partial charge on any atom is -0.456 e. The van der Waals surface area contributed by atoms with Gasteiger partial charge in [0.15, 0.2) is 0 Å². The van der Waals surface area contributed by atoms with Crippen LogP contribution in [-0.2, 0) is 0 Å². The van der Waals surface area contributed by atoms with Gasteiger partial charge in [-0.05, 0) is 100 Å². The van der Waals surface area contributed by atoms with Crippen molar-refractivity contribution in [2.75, 3.05) is 4.90 Å². The number of furan rings is 1. The Morgan fingerprint density at radius 2 is 0.980 bits per heavy atom. The average Bonchev–Trinajstić information content (AvgIpc) is 3.57. The summed E-state index contributed by atoms with van der Waals surface area (Å²) in [7, 11) is 0. The first-order chi connectivity index (χ1) is 24.8. The van der Waals surface area contributed by atoms with Gasteiger partial charge in [0.1, 0.15) is 11.2 Å². The molecule has 1 aliphatic rings. The molecule has 1 aromatic heterocycles. The van der Waals surface area contributed by atoms with Crippen molar-refractivity contribution in [2.45, 2.75) is 38.0 Å². The Kier molecular flexibility index (Phi) is 7.99. The van der Waals surface area contributed by atoms with Crippen molar-refractivity contribution >= 4 is 39.0 Å². The smallest absolute Gasteiger partial charge is 0.137 e. The summed E-state index contributed by atoms with van der Waals surface area (Å²) in [5.41, 5.74) is 13.9. The molecule has 1 saturated carbocycles. The van der Waals surface area contributed by atoms with Crippen LogP contribution in [0.4, 0.5) is 17.1 Å². The Morgan fingerprint density at radius 3 is 1.68 bits per heavy atom. The molecule has 0 radical (unpaired) electrons. The third-order valence-electron chi connectivity index (χ3n) is 10.5. The van der Waals surface area contributed by atoms with Gasteiger partial charge in [0, 0.05) is 33.9 Å². The summed E-state index contributed by atoms with van der Waals surface area (Å²) in [6.07, 6.45) is 6.63. The zero-order valence-corrected chi connectivity index (χ0v) is 28.1. The maximum Gasteiger partial charge on any atom is 0.137 e. The van der Waals surface area contributed by atoms with Crippen LogP contribution >= 0.6 is 0 Å². The normalized spacial score (nSPS) is 13.5. The predicted molar refractivity (Wildman–Crippen MR) is 211 cm³/mol. The van der Waals surface area contributed by atoms with E-state index in [-0.39, 0.29) is 0 Å². The van der Waals surface area contributed by atoms with Crippen LogP contribution in [0, 0.1) is 0 Å². The van der Waals surface area contributed by atoms with Gasteiger partial charge < -0.3 is 9.32 Å². The zero-order chi connectivity index (χ0) is 33.3. The van der Waals surface area contributed by atoms with Crippen LogP contribution < -0.4 is 4.90 Å². The molecule has 0 N–H and O–H groups in total. The second-order valence-corrected chi connectivity index (χ2v) is 13.5. The van der Waals surface area contributed by atoms with E-state index in [0.29, 0.717) is 5.92 Å². The molecule has 8 aromatic rings. The first-order valence-electron chi connectivity index (χ1n) is 18.0. The van der Waals surface area contributed by atoms with E-state index in [9.17, 15) is 0 Å². The lowest BCUT2D eigenvalue weighted by molar-refractivity contribution is 0.443. The Balaban J connectivity index is 1.15. The summed E-state index contributed by atoms with van der Waals surface area (Å²) >= 11 is 0. The van der Waals surface area contributed by atoms with Crippen molar-refractivity contribution in [1.29, 1.82) is 0 Å². The van der Waals surface area contributed by atoms with Crippen molar-refractivity contribution < 1.29 is 4.42 Å². The summed E-state index contributed by atoms with van der Waals surface area (Å²) in [5.74, 6) is 0.669. The third kappa shape index (κ3) is 5.67. The lowest BCUT2D eigenvalue weighted by Crippen LogP contribution is -2.10. The second kappa shape index (κ2) is 13.2. The number of hydrogen-bond donors (Lipinski definition) is 0. The fourth-order valence-corrected chi connectivity index (χ4v) is 7.99. The lowest BCUT2D eigenvalue weighted by Gasteiger charge is -2.27. The second-order valence-electron chi connectivity index (χ2n) is 13.5. The minimum atomic E-state index is 0.669. The van der Waals surface area contributed by atoms with E-state index in [1.54, 1.807) is 0 Å². The van der Waals surface area contributed by atoms with Crippen LogP contribution in [-0.4, -0.2) is 0 Å². The summed E-state index contributed by atoms with van der Waals surface area (Å²) in [6.45, 7) is 0. The molecule has 0 bridgehead atoms. The molecule has 7 aromatic carbocycles. The van der Waals surface area contributed by atoms with Crippen molar-refractivity contribution in [3.8, 4) is 33.4 Å². The van der Waals surface area contributed by atoms with Gasteiger partial charge in [-0.15, -0.1) is 0 Å². The van der Waals surface area contributed by atoms with Crippen LogP contribution in [0.5, 0.6) is 0 Å². The van der Waals surface area contributed by atoms with Crippen LogP contribution in [0.25, 0.3) is 55.3 Å². The molecule has 2 nitrogen and oxygen atoms in total. The van der Waals surface area contributed by atoms with E-state index in [4.69, 9.17) is 4.42 Å². The van der Waals surface area contributed by atoms with Gasteiger partial charge in [0.25, 0.3) is 0 Å². The molecule has 0 spiro atoms. The van der Waals surface area contributed by atoms with Gasteiger partial charge in [-0.25, -0.2) is 0 Å². The highest BCUT2D eigenvalue weighted by Gasteiger charge is 2.20. The van der Waals surface area contributed by atoms with Gasteiger partial charge in [-0.3, -0.25) is 0 Å². The molecule has 0 aliphatic heterocycles. The predicted octanol–water partition coefficient (Wildman–Crippen LogP) is 14.1. The van der Waals surface area contributed by atoms with Crippen LogP contribution in [0.3, 0.4) is 0 Å². The molecule has 1 heterocycles. The van der Waals surface area contributed by atoms with E-state index in [1.165, 1.54) is 71.0 Å². The third-order valence-corrected chi connectivity index (χ3v) is 10.5. The number of benzene rings is 7. The summed E-state index contributed by atoms with van der Waals surface area (Å²) in [4.78, 5) is 2.36. The first-order valence-corrected chi connectivity index (χ1v) is 18.0. The van der Waals surface area contributed by atoms with Gasteiger partial charge in [-0.1, -0.05) is 141 Å². The topological polar surface area (TPSA) is 16.4 Å². The molecule has 1 fully saturated rings.